The number of rotatable bonds is 4. The number of piperidine rings is 3. The van der Waals surface area contributed by atoms with Gasteiger partial charge in [0.2, 0.25) is 0 Å². The van der Waals surface area contributed by atoms with Gasteiger partial charge in [-0.15, -0.1) is 0 Å². The Morgan fingerprint density at radius 3 is 2.47 bits per heavy atom. The van der Waals surface area contributed by atoms with Gasteiger partial charge in [0.05, 0.1) is 19.3 Å². The zero-order chi connectivity index (χ0) is 13.3. The van der Waals surface area contributed by atoms with Crippen molar-refractivity contribution in [3.63, 3.8) is 0 Å². The normalized spacial score (nSPS) is 33.2. The van der Waals surface area contributed by atoms with E-state index in [1.807, 2.05) is 24.3 Å². The second-order valence-corrected chi connectivity index (χ2v) is 5.72. The highest BCUT2D eigenvalue weighted by Gasteiger charge is 2.46. The first-order valence-corrected chi connectivity index (χ1v) is 7.01. The SMILES string of the molecule is COc1ccc(NC2(CO)CN3CCC2CC3)cc1. The first-order valence-electron chi connectivity index (χ1n) is 7.01. The topological polar surface area (TPSA) is 44.7 Å². The van der Waals surface area contributed by atoms with Crippen LogP contribution in [0.4, 0.5) is 5.69 Å². The number of aliphatic hydroxyl groups excluding tert-OH is 1. The lowest BCUT2D eigenvalue weighted by Crippen LogP contribution is -2.64. The molecule has 0 aromatic heterocycles. The van der Waals surface area contributed by atoms with Crippen LogP contribution in [-0.4, -0.2) is 48.9 Å². The third kappa shape index (κ3) is 2.30. The third-order valence-corrected chi connectivity index (χ3v) is 4.64. The molecule has 0 amide bonds. The van der Waals surface area contributed by atoms with E-state index in [1.165, 1.54) is 25.9 Å². The van der Waals surface area contributed by atoms with Gasteiger partial charge in [-0.25, -0.2) is 0 Å². The second kappa shape index (κ2) is 5.02. The maximum Gasteiger partial charge on any atom is 0.119 e. The van der Waals surface area contributed by atoms with Gasteiger partial charge in [-0.05, 0) is 56.1 Å². The molecule has 2 N–H and O–H groups in total. The molecule has 0 spiro atoms. The Kier molecular flexibility index (Phi) is 3.37. The van der Waals surface area contributed by atoms with E-state index in [0.29, 0.717) is 5.92 Å². The maximum absolute atomic E-state index is 9.91. The molecule has 2 bridgehead atoms. The standard InChI is InChI=1S/C15H22N2O2/c1-19-14-4-2-13(3-5-14)16-15(11-18)10-17-8-6-12(15)7-9-17/h2-5,12,16,18H,6-11H2,1H3. The van der Waals surface area contributed by atoms with Crippen LogP contribution in [0.15, 0.2) is 24.3 Å². The van der Waals surface area contributed by atoms with Crippen molar-refractivity contribution in [1.82, 2.24) is 4.90 Å². The molecule has 3 fully saturated rings. The monoisotopic (exact) mass is 262 g/mol. The van der Waals surface area contributed by atoms with Gasteiger partial charge in [0.15, 0.2) is 0 Å². The number of methoxy groups -OCH3 is 1. The molecule has 3 heterocycles. The lowest BCUT2D eigenvalue weighted by atomic mass is 9.73. The summed E-state index contributed by atoms with van der Waals surface area (Å²) in [4.78, 5) is 2.45. The summed E-state index contributed by atoms with van der Waals surface area (Å²) in [7, 11) is 1.67. The summed E-state index contributed by atoms with van der Waals surface area (Å²) in [6.45, 7) is 3.49. The molecule has 1 aromatic carbocycles. The molecule has 3 saturated heterocycles. The van der Waals surface area contributed by atoms with Gasteiger partial charge in [-0.1, -0.05) is 0 Å². The highest BCUT2D eigenvalue weighted by Crippen LogP contribution is 2.37. The van der Waals surface area contributed by atoms with E-state index >= 15 is 0 Å². The summed E-state index contributed by atoms with van der Waals surface area (Å²) in [6.07, 6.45) is 2.37. The minimum absolute atomic E-state index is 0.176. The highest BCUT2D eigenvalue weighted by molar-refractivity contribution is 5.49. The van der Waals surface area contributed by atoms with Crippen LogP contribution in [-0.2, 0) is 0 Å². The summed E-state index contributed by atoms with van der Waals surface area (Å²) in [5.74, 6) is 1.43. The molecule has 0 aliphatic carbocycles. The summed E-state index contributed by atoms with van der Waals surface area (Å²) in [5, 5.41) is 13.5. The van der Waals surface area contributed by atoms with Crippen LogP contribution in [0, 0.1) is 5.92 Å². The summed E-state index contributed by atoms with van der Waals surface area (Å²) in [5.41, 5.74) is 0.883. The van der Waals surface area contributed by atoms with E-state index in [2.05, 4.69) is 10.2 Å². The predicted molar refractivity (Wildman–Crippen MR) is 75.6 cm³/mol. The van der Waals surface area contributed by atoms with Crippen LogP contribution in [0.1, 0.15) is 12.8 Å². The number of ether oxygens (including phenoxy) is 1. The zero-order valence-electron chi connectivity index (χ0n) is 11.4. The number of hydrogen-bond donors (Lipinski definition) is 2. The lowest BCUT2D eigenvalue weighted by molar-refractivity contribution is 0.00918. The van der Waals surface area contributed by atoms with Gasteiger partial charge < -0.3 is 20.1 Å². The number of hydrogen-bond acceptors (Lipinski definition) is 4. The summed E-state index contributed by atoms with van der Waals surface area (Å²) >= 11 is 0. The molecule has 104 valence electrons. The van der Waals surface area contributed by atoms with Gasteiger partial charge in [-0.3, -0.25) is 0 Å². The molecule has 4 nitrogen and oxygen atoms in total. The predicted octanol–water partition coefficient (Wildman–Crippen LogP) is 1.56. The quantitative estimate of drug-likeness (QED) is 0.864. The van der Waals surface area contributed by atoms with Crippen LogP contribution >= 0.6 is 0 Å². The van der Waals surface area contributed by atoms with Gasteiger partial charge in [0, 0.05) is 12.2 Å². The molecule has 3 aliphatic heterocycles. The molecular weight excluding hydrogens is 240 g/mol. The third-order valence-electron chi connectivity index (χ3n) is 4.64. The van der Waals surface area contributed by atoms with Crippen molar-refractivity contribution in [1.29, 1.82) is 0 Å². The molecular formula is C15H22N2O2. The van der Waals surface area contributed by atoms with Crippen molar-refractivity contribution in [3.05, 3.63) is 24.3 Å². The number of aliphatic hydroxyl groups is 1. The molecule has 3 aliphatic rings. The van der Waals surface area contributed by atoms with Crippen molar-refractivity contribution in [3.8, 4) is 5.75 Å². The van der Waals surface area contributed by atoms with Crippen LogP contribution in [0.3, 0.4) is 0 Å². The van der Waals surface area contributed by atoms with E-state index in [-0.39, 0.29) is 12.1 Å². The Morgan fingerprint density at radius 2 is 2.00 bits per heavy atom. The molecule has 19 heavy (non-hydrogen) atoms. The maximum atomic E-state index is 9.91. The van der Waals surface area contributed by atoms with Gasteiger partial charge in [0.25, 0.3) is 0 Å². The number of benzene rings is 1. The van der Waals surface area contributed by atoms with Crippen molar-refractivity contribution < 1.29 is 9.84 Å². The zero-order valence-corrected chi connectivity index (χ0v) is 11.4. The van der Waals surface area contributed by atoms with Crippen LogP contribution in [0.25, 0.3) is 0 Å². The molecule has 4 rings (SSSR count). The van der Waals surface area contributed by atoms with Crippen LogP contribution in [0.5, 0.6) is 5.75 Å². The van der Waals surface area contributed by atoms with E-state index < -0.39 is 0 Å². The smallest absolute Gasteiger partial charge is 0.119 e. The van der Waals surface area contributed by atoms with Crippen molar-refractivity contribution >= 4 is 5.69 Å². The fourth-order valence-electron chi connectivity index (χ4n) is 3.49. The second-order valence-electron chi connectivity index (χ2n) is 5.72. The molecule has 1 aromatic rings. The average molecular weight is 262 g/mol. The van der Waals surface area contributed by atoms with Gasteiger partial charge in [0.1, 0.15) is 5.75 Å². The van der Waals surface area contributed by atoms with Crippen LogP contribution in [0.2, 0.25) is 0 Å². The fraction of sp³-hybridized carbons (Fsp3) is 0.600. The summed E-state index contributed by atoms with van der Waals surface area (Å²) < 4.78 is 5.17. The highest BCUT2D eigenvalue weighted by atomic mass is 16.5. The Bertz CT molecular complexity index is 426. The van der Waals surface area contributed by atoms with Gasteiger partial charge in [-0.2, -0.15) is 0 Å². The van der Waals surface area contributed by atoms with E-state index in [4.69, 9.17) is 4.74 Å². The Labute approximate surface area is 114 Å². The first kappa shape index (κ1) is 12.8. The average Bonchev–Trinajstić information content (AvgIpc) is 2.49. The Balaban J connectivity index is 1.78. The number of fused-ring (bicyclic) bond motifs is 3. The number of nitrogens with zero attached hydrogens (tertiary/aromatic N) is 1. The molecule has 1 atom stereocenters. The fourth-order valence-corrected chi connectivity index (χ4v) is 3.49. The minimum Gasteiger partial charge on any atom is -0.497 e. The van der Waals surface area contributed by atoms with Gasteiger partial charge >= 0.3 is 0 Å². The van der Waals surface area contributed by atoms with E-state index in [9.17, 15) is 5.11 Å². The Hall–Kier alpha value is -1.26. The minimum atomic E-state index is -0.176. The molecule has 0 radical (unpaired) electrons. The van der Waals surface area contributed by atoms with Crippen molar-refractivity contribution in [2.75, 3.05) is 38.7 Å². The van der Waals surface area contributed by atoms with E-state index in [1.54, 1.807) is 7.11 Å². The molecule has 4 heteroatoms. The first-order chi connectivity index (χ1) is 9.25. The van der Waals surface area contributed by atoms with Crippen molar-refractivity contribution in [2.24, 2.45) is 5.92 Å². The molecule has 0 saturated carbocycles. The van der Waals surface area contributed by atoms with Crippen molar-refractivity contribution in [2.45, 2.75) is 18.4 Å². The number of nitrogens with one attached hydrogen (secondary N) is 1. The summed E-state index contributed by atoms with van der Waals surface area (Å²) in [6, 6.07) is 7.95. The Morgan fingerprint density at radius 1 is 1.32 bits per heavy atom. The van der Waals surface area contributed by atoms with Crippen LogP contribution < -0.4 is 10.1 Å². The number of anilines is 1. The van der Waals surface area contributed by atoms with E-state index in [0.717, 1.165) is 18.0 Å². The largest absolute Gasteiger partial charge is 0.497 e. The lowest BCUT2D eigenvalue weighted by Gasteiger charge is -2.53. The molecule has 1 unspecified atom stereocenters.